The van der Waals surface area contributed by atoms with Crippen LogP contribution in [0.1, 0.15) is 40.5 Å². The predicted octanol–water partition coefficient (Wildman–Crippen LogP) is 0.761. The smallest absolute Gasteiger partial charge is 0.225 e. The van der Waals surface area contributed by atoms with Crippen LogP contribution in [0.2, 0.25) is 0 Å². The molecule has 0 aromatic carbocycles. The van der Waals surface area contributed by atoms with Crippen molar-refractivity contribution in [2.75, 3.05) is 13.2 Å². The number of rotatable bonds is 8. The van der Waals surface area contributed by atoms with Gasteiger partial charge in [-0.2, -0.15) is 0 Å². The first kappa shape index (κ1) is 14.8. The number of hydrogen-bond donors (Lipinski definition) is 3. The highest BCUT2D eigenvalue weighted by molar-refractivity contribution is 4.64. The van der Waals surface area contributed by atoms with E-state index in [0.29, 0.717) is 13.2 Å². The fourth-order valence-corrected chi connectivity index (χ4v) is 1.10. The molecule has 0 bridgehead atoms. The first-order valence-corrected chi connectivity index (χ1v) is 5.35. The SMILES string of the molecule is CCCOC(C)(O)NC(C)(O)OCCC. The van der Waals surface area contributed by atoms with Gasteiger partial charge in [0, 0.05) is 13.8 Å². The van der Waals surface area contributed by atoms with E-state index >= 15 is 0 Å². The van der Waals surface area contributed by atoms with Crippen molar-refractivity contribution in [1.29, 1.82) is 0 Å². The zero-order valence-corrected chi connectivity index (χ0v) is 10.0. The van der Waals surface area contributed by atoms with Crippen molar-refractivity contribution in [2.45, 2.75) is 52.4 Å². The highest BCUT2D eigenvalue weighted by Gasteiger charge is 2.32. The summed E-state index contributed by atoms with van der Waals surface area (Å²) < 4.78 is 10.2. The van der Waals surface area contributed by atoms with Crippen LogP contribution in [-0.2, 0) is 9.47 Å². The standard InChI is InChI=1S/C10H23NO4/c1-5-7-14-9(3,12)11-10(4,13)15-8-6-2/h11-13H,5-8H2,1-4H3. The van der Waals surface area contributed by atoms with Crippen molar-refractivity contribution >= 4 is 0 Å². The molecule has 0 spiro atoms. The Morgan fingerprint density at radius 1 is 0.933 bits per heavy atom. The summed E-state index contributed by atoms with van der Waals surface area (Å²) in [6.45, 7) is 7.52. The second kappa shape index (κ2) is 6.40. The fraction of sp³-hybridized carbons (Fsp3) is 1.00. The Morgan fingerprint density at radius 3 is 1.53 bits per heavy atom. The minimum Gasteiger partial charge on any atom is -0.353 e. The molecule has 15 heavy (non-hydrogen) atoms. The molecule has 0 aliphatic heterocycles. The van der Waals surface area contributed by atoms with Crippen LogP contribution in [0.3, 0.4) is 0 Å². The van der Waals surface area contributed by atoms with Gasteiger partial charge in [-0.1, -0.05) is 13.8 Å². The molecule has 0 heterocycles. The van der Waals surface area contributed by atoms with Gasteiger partial charge >= 0.3 is 0 Å². The van der Waals surface area contributed by atoms with Crippen molar-refractivity contribution in [3.8, 4) is 0 Å². The van der Waals surface area contributed by atoms with E-state index in [1.165, 1.54) is 13.8 Å². The van der Waals surface area contributed by atoms with Crippen LogP contribution in [-0.4, -0.2) is 35.2 Å². The summed E-state index contributed by atoms with van der Waals surface area (Å²) in [4.78, 5) is 0. The van der Waals surface area contributed by atoms with Crippen molar-refractivity contribution in [1.82, 2.24) is 5.32 Å². The molecule has 5 heteroatoms. The van der Waals surface area contributed by atoms with Crippen LogP contribution in [0.5, 0.6) is 0 Å². The van der Waals surface area contributed by atoms with E-state index in [-0.39, 0.29) is 0 Å². The minimum atomic E-state index is -1.59. The van der Waals surface area contributed by atoms with Crippen LogP contribution in [0, 0.1) is 0 Å². The first-order valence-electron chi connectivity index (χ1n) is 5.35. The van der Waals surface area contributed by atoms with Gasteiger partial charge in [-0.05, 0) is 12.8 Å². The molecular formula is C10H23NO4. The molecular weight excluding hydrogens is 198 g/mol. The normalized spacial score (nSPS) is 19.6. The van der Waals surface area contributed by atoms with Crippen molar-refractivity contribution < 1.29 is 19.7 Å². The van der Waals surface area contributed by atoms with Gasteiger partial charge in [-0.25, -0.2) is 5.32 Å². The van der Waals surface area contributed by atoms with E-state index < -0.39 is 11.8 Å². The van der Waals surface area contributed by atoms with Crippen molar-refractivity contribution in [3.63, 3.8) is 0 Å². The average Bonchev–Trinajstić information content (AvgIpc) is 2.10. The number of aliphatic hydroxyl groups is 2. The van der Waals surface area contributed by atoms with Crippen molar-refractivity contribution in [3.05, 3.63) is 0 Å². The van der Waals surface area contributed by atoms with Crippen molar-refractivity contribution in [2.24, 2.45) is 0 Å². The van der Waals surface area contributed by atoms with E-state index in [4.69, 9.17) is 9.47 Å². The molecule has 0 rings (SSSR count). The van der Waals surface area contributed by atoms with E-state index in [1.54, 1.807) is 0 Å². The maximum Gasteiger partial charge on any atom is 0.225 e. The van der Waals surface area contributed by atoms with Gasteiger partial charge in [0.15, 0.2) is 0 Å². The quantitative estimate of drug-likeness (QED) is 0.528. The number of nitrogens with one attached hydrogen (secondary N) is 1. The maximum absolute atomic E-state index is 9.71. The number of ether oxygens (including phenoxy) is 2. The third kappa shape index (κ3) is 7.70. The Labute approximate surface area is 91.4 Å². The topological polar surface area (TPSA) is 71.0 Å². The fourth-order valence-electron chi connectivity index (χ4n) is 1.10. The summed E-state index contributed by atoms with van der Waals surface area (Å²) in [5, 5.41) is 21.9. The van der Waals surface area contributed by atoms with E-state index in [9.17, 15) is 10.2 Å². The molecule has 0 amide bonds. The summed E-state index contributed by atoms with van der Waals surface area (Å²) in [5.41, 5.74) is 0. The Balaban J connectivity index is 4.04. The lowest BCUT2D eigenvalue weighted by Crippen LogP contribution is -2.58. The van der Waals surface area contributed by atoms with Crippen LogP contribution < -0.4 is 5.32 Å². The molecule has 0 radical (unpaired) electrons. The lowest BCUT2D eigenvalue weighted by atomic mass is 10.4. The van der Waals surface area contributed by atoms with Crippen LogP contribution in [0.4, 0.5) is 0 Å². The maximum atomic E-state index is 9.71. The molecule has 0 saturated carbocycles. The molecule has 0 saturated heterocycles. The van der Waals surface area contributed by atoms with Crippen LogP contribution in [0.15, 0.2) is 0 Å². The van der Waals surface area contributed by atoms with Gasteiger partial charge in [0.1, 0.15) is 0 Å². The number of hydrogen-bond acceptors (Lipinski definition) is 5. The average molecular weight is 221 g/mol. The molecule has 5 nitrogen and oxygen atoms in total. The van der Waals surface area contributed by atoms with Gasteiger partial charge in [-0.3, -0.25) is 0 Å². The van der Waals surface area contributed by atoms with E-state index in [0.717, 1.165) is 12.8 Å². The van der Waals surface area contributed by atoms with Gasteiger partial charge in [-0.15, -0.1) is 0 Å². The van der Waals surface area contributed by atoms with Crippen LogP contribution >= 0.6 is 0 Å². The second-order valence-corrected chi connectivity index (χ2v) is 3.79. The van der Waals surface area contributed by atoms with Gasteiger partial charge < -0.3 is 19.7 Å². The highest BCUT2D eigenvalue weighted by Crippen LogP contribution is 2.10. The van der Waals surface area contributed by atoms with Crippen LogP contribution in [0.25, 0.3) is 0 Å². The van der Waals surface area contributed by atoms with E-state index in [1.807, 2.05) is 13.8 Å². The molecule has 2 atom stereocenters. The summed E-state index contributed by atoms with van der Waals surface area (Å²) in [6.07, 6.45) is 1.57. The Bertz CT molecular complexity index is 153. The minimum absolute atomic E-state index is 0.407. The second-order valence-electron chi connectivity index (χ2n) is 3.79. The Kier molecular flexibility index (Phi) is 6.31. The Morgan fingerprint density at radius 2 is 1.27 bits per heavy atom. The summed E-state index contributed by atoms with van der Waals surface area (Å²) in [5.74, 6) is -3.18. The third-order valence-electron chi connectivity index (χ3n) is 1.64. The lowest BCUT2D eigenvalue weighted by molar-refractivity contribution is -0.303. The Hall–Kier alpha value is -0.200. The molecule has 2 unspecified atom stereocenters. The first-order chi connectivity index (χ1) is 6.83. The summed E-state index contributed by atoms with van der Waals surface area (Å²) in [7, 11) is 0. The third-order valence-corrected chi connectivity index (χ3v) is 1.64. The molecule has 0 aromatic heterocycles. The monoisotopic (exact) mass is 221 g/mol. The molecule has 0 aromatic rings. The molecule has 0 aliphatic carbocycles. The molecule has 0 fully saturated rings. The zero-order chi connectivity index (χ0) is 11.9. The van der Waals surface area contributed by atoms with Gasteiger partial charge in [0.05, 0.1) is 13.2 Å². The predicted molar refractivity (Wildman–Crippen MR) is 56.9 cm³/mol. The zero-order valence-electron chi connectivity index (χ0n) is 10.0. The molecule has 3 N–H and O–H groups in total. The lowest BCUT2D eigenvalue weighted by Gasteiger charge is -2.33. The molecule has 0 aliphatic rings. The van der Waals surface area contributed by atoms with E-state index in [2.05, 4.69) is 5.32 Å². The molecule has 92 valence electrons. The van der Waals surface area contributed by atoms with Gasteiger partial charge in [0.25, 0.3) is 0 Å². The highest BCUT2D eigenvalue weighted by atomic mass is 16.7. The summed E-state index contributed by atoms with van der Waals surface area (Å²) >= 11 is 0. The largest absolute Gasteiger partial charge is 0.353 e. The van der Waals surface area contributed by atoms with Gasteiger partial charge in [0.2, 0.25) is 11.8 Å². The summed E-state index contributed by atoms with van der Waals surface area (Å²) in [6, 6.07) is 0.